The van der Waals surface area contributed by atoms with Crippen molar-refractivity contribution in [1.82, 2.24) is 0 Å². The van der Waals surface area contributed by atoms with E-state index in [9.17, 15) is 9.59 Å². The minimum atomic E-state index is 0.0583. The number of anilines is 1. The second kappa shape index (κ2) is 4.53. The van der Waals surface area contributed by atoms with Crippen molar-refractivity contribution in [3.8, 4) is 0 Å². The van der Waals surface area contributed by atoms with Crippen molar-refractivity contribution < 1.29 is 9.59 Å². The zero-order chi connectivity index (χ0) is 12.4. The van der Waals surface area contributed by atoms with E-state index in [0.717, 1.165) is 23.4 Å². The number of hydrogen-bond donors (Lipinski definition) is 1. The largest absolute Gasteiger partial charge is 0.359 e. The third-order valence-electron chi connectivity index (χ3n) is 3.06. The highest BCUT2D eigenvalue weighted by atomic mass is 16.1. The Bertz CT molecular complexity index is 497. The van der Waals surface area contributed by atoms with Gasteiger partial charge in [-0.2, -0.15) is 0 Å². The minimum Gasteiger partial charge on any atom is -0.359 e. The van der Waals surface area contributed by atoms with Gasteiger partial charge in [0.1, 0.15) is 0 Å². The molecular weight excluding hydrogens is 214 g/mol. The molecule has 2 rings (SSSR count). The lowest BCUT2D eigenvalue weighted by atomic mass is 10.1. The summed E-state index contributed by atoms with van der Waals surface area (Å²) in [7, 11) is 0. The first-order valence-corrected chi connectivity index (χ1v) is 5.69. The highest BCUT2D eigenvalue weighted by molar-refractivity contribution is 5.98. The van der Waals surface area contributed by atoms with Crippen LogP contribution in [0.1, 0.15) is 37.0 Å². The summed E-state index contributed by atoms with van der Waals surface area (Å²) >= 11 is 0. The van der Waals surface area contributed by atoms with Crippen molar-refractivity contribution in [2.75, 3.05) is 5.32 Å². The number of benzene rings is 1. The van der Waals surface area contributed by atoms with Crippen LogP contribution in [-0.4, -0.2) is 11.6 Å². The van der Waals surface area contributed by atoms with E-state index in [0.29, 0.717) is 12.0 Å². The van der Waals surface area contributed by atoms with Gasteiger partial charge in [-0.1, -0.05) is 0 Å². The molecule has 1 N–H and O–H groups in total. The van der Waals surface area contributed by atoms with Crippen LogP contribution in [0.25, 0.3) is 0 Å². The van der Waals surface area contributed by atoms with E-state index in [4.69, 9.17) is 0 Å². The molecule has 0 unspecified atom stereocenters. The lowest BCUT2D eigenvalue weighted by molar-refractivity contribution is -0.114. The molecule has 0 atom stereocenters. The van der Waals surface area contributed by atoms with E-state index in [1.54, 1.807) is 19.1 Å². The Balaban J connectivity index is 2.15. The first-order valence-electron chi connectivity index (χ1n) is 5.69. The number of nitrogens with one attached hydrogen (secondary N) is 1. The Morgan fingerprint density at radius 1 is 1.18 bits per heavy atom. The van der Waals surface area contributed by atoms with Crippen LogP contribution in [0, 0.1) is 0 Å². The molecule has 0 radical (unpaired) electrons. The molecule has 3 nitrogen and oxygen atoms in total. The predicted octanol–water partition coefficient (Wildman–Crippen LogP) is 2.94. The SMILES string of the molecule is CC(=O)c1ccc(NC2=C(C)C(=O)CC2)cc1. The van der Waals surface area contributed by atoms with Crippen LogP contribution in [-0.2, 0) is 4.79 Å². The van der Waals surface area contributed by atoms with E-state index >= 15 is 0 Å². The van der Waals surface area contributed by atoms with Crippen molar-refractivity contribution >= 4 is 17.3 Å². The molecule has 17 heavy (non-hydrogen) atoms. The van der Waals surface area contributed by atoms with Gasteiger partial charge in [0.2, 0.25) is 0 Å². The molecule has 0 spiro atoms. The van der Waals surface area contributed by atoms with Crippen LogP contribution in [0.3, 0.4) is 0 Å². The summed E-state index contributed by atoms with van der Waals surface area (Å²) in [5.41, 5.74) is 3.43. The maximum atomic E-state index is 11.4. The van der Waals surface area contributed by atoms with Crippen LogP contribution in [0.15, 0.2) is 35.5 Å². The number of hydrogen-bond acceptors (Lipinski definition) is 3. The molecule has 0 aliphatic heterocycles. The van der Waals surface area contributed by atoms with Crippen molar-refractivity contribution in [2.45, 2.75) is 26.7 Å². The summed E-state index contributed by atoms with van der Waals surface area (Å²) in [5, 5.41) is 3.23. The Hall–Kier alpha value is -1.90. The van der Waals surface area contributed by atoms with Gasteiger partial charge in [0.25, 0.3) is 0 Å². The number of Topliss-reactive ketones (excluding diaryl/α,β-unsaturated/α-hetero) is 2. The quantitative estimate of drug-likeness (QED) is 0.810. The monoisotopic (exact) mass is 229 g/mol. The van der Waals surface area contributed by atoms with Crippen LogP contribution in [0.2, 0.25) is 0 Å². The summed E-state index contributed by atoms with van der Waals surface area (Å²) in [6.45, 7) is 3.40. The van der Waals surface area contributed by atoms with Crippen LogP contribution in [0.5, 0.6) is 0 Å². The fraction of sp³-hybridized carbons (Fsp3) is 0.286. The van der Waals surface area contributed by atoms with E-state index in [-0.39, 0.29) is 11.6 Å². The van der Waals surface area contributed by atoms with Crippen molar-refractivity contribution in [3.05, 3.63) is 41.1 Å². The molecule has 0 fully saturated rings. The minimum absolute atomic E-state index is 0.0583. The van der Waals surface area contributed by atoms with Gasteiger partial charge < -0.3 is 5.32 Å². The third kappa shape index (κ3) is 2.44. The Morgan fingerprint density at radius 2 is 1.82 bits per heavy atom. The number of carbonyl (C=O) groups is 2. The molecule has 3 heteroatoms. The van der Waals surface area contributed by atoms with Crippen molar-refractivity contribution in [1.29, 1.82) is 0 Å². The van der Waals surface area contributed by atoms with Gasteiger partial charge in [-0.15, -0.1) is 0 Å². The smallest absolute Gasteiger partial charge is 0.160 e. The zero-order valence-corrected chi connectivity index (χ0v) is 10.0. The molecule has 0 amide bonds. The molecule has 1 aromatic carbocycles. The lowest BCUT2D eigenvalue weighted by Crippen LogP contribution is -2.00. The Morgan fingerprint density at radius 3 is 2.29 bits per heavy atom. The highest BCUT2D eigenvalue weighted by Crippen LogP contribution is 2.24. The van der Waals surface area contributed by atoms with Crippen LogP contribution in [0.4, 0.5) is 5.69 Å². The molecule has 0 bridgehead atoms. The lowest BCUT2D eigenvalue weighted by Gasteiger charge is -2.08. The summed E-state index contributed by atoms with van der Waals surface area (Å²) in [4.78, 5) is 22.5. The molecule has 0 saturated carbocycles. The van der Waals surface area contributed by atoms with Gasteiger partial charge in [-0.25, -0.2) is 0 Å². The van der Waals surface area contributed by atoms with Gasteiger partial charge in [0.05, 0.1) is 0 Å². The maximum Gasteiger partial charge on any atom is 0.160 e. The molecule has 1 aliphatic carbocycles. The fourth-order valence-corrected chi connectivity index (χ4v) is 1.90. The molecule has 0 saturated heterocycles. The molecule has 0 aromatic heterocycles. The summed E-state index contributed by atoms with van der Waals surface area (Å²) in [6, 6.07) is 7.30. The molecule has 1 aromatic rings. The van der Waals surface area contributed by atoms with E-state index in [1.165, 1.54) is 0 Å². The topological polar surface area (TPSA) is 46.2 Å². The van der Waals surface area contributed by atoms with Crippen molar-refractivity contribution in [3.63, 3.8) is 0 Å². The molecule has 88 valence electrons. The van der Waals surface area contributed by atoms with E-state index in [1.807, 2.05) is 19.1 Å². The average Bonchev–Trinajstić information content (AvgIpc) is 2.62. The molecule has 1 aliphatic rings. The van der Waals surface area contributed by atoms with Gasteiger partial charge in [0.15, 0.2) is 11.6 Å². The molecule has 0 heterocycles. The zero-order valence-electron chi connectivity index (χ0n) is 10.0. The molecular formula is C14H15NO2. The van der Waals surface area contributed by atoms with E-state index in [2.05, 4.69) is 5.32 Å². The van der Waals surface area contributed by atoms with Crippen LogP contribution >= 0.6 is 0 Å². The first-order chi connectivity index (χ1) is 8.08. The summed E-state index contributed by atoms with van der Waals surface area (Å²) in [5.74, 6) is 0.274. The standard InChI is InChI=1S/C14H15NO2/c1-9-13(7-8-14(9)17)15-12-5-3-11(4-6-12)10(2)16/h3-6,15H,7-8H2,1-2H3. The first kappa shape index (κ1) is 11.6. The average molecular weight is 229 g/mol. The second-order valence-electron chi connectivity index (χ2n) is 4.29. The normalized spacial score (nSPS) is 15.3. The number of allylic oxidation sites excluding steroid dienone is 2. The number of ketones is 2. The summed E-state index contributed by atoms with van der Waals surface area (Å²) < 4.78 is 0. The Labute approximate surface area is 101 Å². The van der Waals surface area contributed by atoms with Gasteiger partial charge in [0, 0.05) is 28.9 Å². The van der Waals surface area contributed by atoms with E-state index < -0.39 is 0 Å². The van der Waals surface area contributed by atoms with Crippen molar-refractivity contribution in [2.24, 2.45) is 0 Å². The highest BCUT2D eigenvalue weighted by Gasteiger charge is 2.18. The third-order valence-corrected chi connectivity index (χ3v) is 3.06. The van der Waals surface area contributed by atoms with Gasteiger partial charge >= 0.3 is 0 Å². The predicted molar refractivity (Wildman–Crippen MR) is 67.0 cm³/mol. The van der Waals surface area contributed by atoms with Gasteiger partial charge in [-0.05, 0) is 44.5 Å². The Kier molecular flexibility index (Phi) is 3.09. The number of carbonyl (C=O) groups excluding carboxylic acids is 2. The number of rotatable bonds is 3. The summed E-state index contributed by atoms with van der Waals surface area (Å²) in [6.07, 6.45) is 1.37. The maximum absolute atomic E-state index is 11.4. The van der Waals surface area contributed by atoms with Gasteiger partial charge in [-0.3, -0.25) is 9.59 Å². The second-order valence-corrected chi connectivity index (χ2v) is 4.29. The fourth-order valence-electron chi connectivity index (χ4n) is 1.90. The van der Waals surface area contributed by atoms with Crippen LogP contribution < -0.4 is 5.32 Å².